The molecule has 2 aromatic rings. The highest BCUT2D eigenvalue weighted by molar-refractivity contribution is 5.89. The minimum atomic E-state index is -3.69. The first kappa shape index (κ1) is 23.7. The molecule has 4 aliphatic rings. The van der Waals surface area contributed by atoms with Gasteiger partial charge in [0.1, 0.15) is 5.82 Å². The van der Waals surface area contributed by atoms with Crippen molar-refractivity contribution in [2.75, 3.05) is 51.2 Å². The van der Waals surface area contributed by atoms with Crippen LogP contribution in [0.1, 0.15) is 12.0 Å². The van der Waals surface area contributed by atoms with E-state index in [1.807, 2.05) is 29.2 Å². The summed E-state index contributed by atoms with van der Waals surface area (Å²) in [5, 5.41) is 12.5. The number of nitrogens with one attached hydrogen (secondary N) is 2. The van der Waals surface area contributed by atoms with Crippen molar-refractivity contribution in [1.82, 2.24) is 14.8 Å². The van der Waals surface area contributed by atoms with Gasteiger partial charge in [-0.2, -0.15) is 0 Å². The highest BCUT2D eigenvalue weighted by atomic mass is 19.3. The number of amides is 1. The van der Waals surface area contributed by atoms with E-state index in [1.54, 1.807) is 18.3 Å². The number of nitrogens with zero attached hydrogens (tertiary/aromatic N) is 2. The van der Waals surface area contributed by atoms with Gasteiger partial charge in [0, 0.05) is 62.2 Å². The maximum atomic E-state index is 13.8. The first-order valence-corrected chi connectivity index (χ1v) is 12.5. The second kappa shape index (κ2) is 9.35. The molecule has 10 heteroatoms. The number of β-amino-alcohol motifs (C(OH)–C–C–N with tert-alkyl or cyclic N) is 1. The molecule has 6 rings (SSSR count). The molecule has 0 spiro atoms. The molecule has 3 N–H and O–H groups in total. The van der Waals surface area contributed by atoms with Crippen LogP contribution in [0.25, 0.3) is 17.2 Å². The molecule has 1 saturated heterocycles. The zero-order chi connectivity index (χ0) is 25.6. The van der Waals surface area contributed by atoms with E-state index in [0.717, 1.165) is 41.2 Å². The molecule has 194 valence electrons. The van der Waals surface area contributed by atoms with Crippen LogP contribution in [0.3, 0.4) is 0 Å². The number of aliphatic hydroxyl groups is 1. The number of H-pyrrole nitrogens is 1. The van der Waals surface area contributed by atoms with Crippen LogP contribution >= 0.6 is 0 Å². The summed E-state index contributed by atoms with van der Waals surface area (Å²) in [6.07, 6.45) is 6.65. The van der Waals surface area contributed by atoms with Crippen molar-refractivity contribution < 1.29 is 28.2 Å². The van der Waals surface area contributed by atoms with Gasteiger partial charge >= 0.3 is 6.29 Å². The van der Waals surface area contributed by atoms with Crippen molar-refractivity contribution in [3.05, 3.63) is 59.3 Å². The van der Waals surface area contributed by atoms with Gasteiger partial charge in [-0.15, -0.1) is 8.78 Å². The number of aromatic amines is 1. The van der Waals surface area contributed by atoms with E-state index in [2.05, 4.69) is 19.9 Å². The number of hydrogen-bond acceptors (Lipinski definition) is 6. The summed E-state index contributed by atoms with van der Waals surface area (Å²) >= 11 is 0. The van der Waals surface area contributed by atoms with Crippen molar-refractivity contribution in [1.29, 1.82) is 0 Å². The predicted molar refractivity (Wildman–Crippen MR) is 134 cm³/mol. The van der Waals surface area contributed by atoms with Crippen LogP contribution < -0.4 is 14.8 Å². The standard InChI is InChI=1S/C27H28F2N4O4/c28-27(29)36-23-6-2-5-20(24(23)37-27)22-16-31-25-21(22)14-19(15-30-25)17-3-1-4-18(13-17)26(35)33-9-7-32(8-10-33)11-12-34/h1-6,14,16,18,30-31,34H,7-13,15H2. The number of fused-ring (bicyclic) bond motifs is 2. The summed E-state index contributed by atoms with van der Waals surface area (Å²) < 4.78 is 37.0. The second-order valence-electron chi connectivity index (χ2n) is 9.59. The van der Waals surface area contributed by atoms with Gasteiger partial charge in [0.25, 0.3) is 0 Å². The topological polar surface area (TPSA) is 90.1 Å². The van der Waals surface area contributed by atoms with E-state index < -0.39 is 6.29 Å². The number of alkyl halides is 2. The van der Waals surface area contributed by atoms with E-state index in [-0.39, 0.29) is 29.9 Å². The number of hydrogen-bond donors (Lipinski definition) is 3. The number of carbonyl (C=O) groups excluding carboxylic acids is 1. The number of aromatic nitrogens is 1. The zero-order valence-corrected chi connectivity index (χ0v) is 20.2. The fourth-order valence-electron chi connectivity index (χ4n) is 5.40. The van der Waals surface area contributed by atoms with Gasteiger partial charge < -0.3 is 29.8 Å². The Labute approximate surface area is 212 Å². The molecule has 1 atom stereocenters. The first-order chi connectivity index (χ1) is 17.9. The Hall–Kier alpha value is -3.63. The maximum Gasteiger partial charge on any atom is 0.586 e. The quantitative estimate of drug-likeness (QED) is 0.571. The van der Waals surface area contributed by atoms with E-state index >= 15 is 0 Å². The van der Waals surface area contributed by atoms with Crippen molar-refractivity contribution in [2.24, 2.45) is 5.92 Å². The highest BCUT2D eigenvalue weighted by Crippen LogP contribution is 2.49. The van der Waals surface area contributed by atoms with E-state index in [4.69, 9.17) is 9.84 Å². The Morgan fingerprint density at radius 1 is 1.14 bits per heavy atom. The Morgan fingerprint density at radius 2 is 1.97 bits per heavy atom. The van der Waals surface area contributed by atoms with Crippen LogP contribution in [0, 0.1) is 5.92 Å². The lowest BCUT2D eigenvalue weighted by molar-refractivity contribution is -0.286. The Kier molecular flexibility index (Phi) is 6.00. The lowest BCUT2D eigenvalue weighted by Crippen LogP contribution is -2.50. The minimum Gasteiger partial charge on any atom is -0.395 e. The average Bonchev–Trinajstić information content (AvgIpc) is 3.47. The fourth-order valence-corrected chi connectivity index (χ4v) is 5.40. The fraction of sp³-hybridized carbons (Fsp3) is 0.370. The van der Waals surface area contributed by atoms with Crippen molar-refractivity contribution in [2.45, 2.75) is 12.7 Å². The Balaban J connectivity index is 1.21. The molecular weight excluding hydrogens is 482 g/mol. The third kappa shape index (κ3) is 4.51. The van der Waals surface area contributed by atoms with Crippen LogP contribution in [0.4, 0.5) is 14.6 Å². The van der Waals surface area contributed by atoms with Crippen LogP contribution in [-0.2, 0) is 4.79 Å². The Bertz CT molecular complexity index is 1310. The summed E-state index contributed by atoms with van der Waals surface area (Å²) in [6.45, 7) is 4.20. The summed E-state index contributed by atoms with van der Waals surface area (Å²) in [5.41, 5.74) is 4.18. The molecule has 1 aliphatic carbocycles. The number of ether oxygens (including phenoxy) is 2. The van der Waals surface area contributed by atoms with Crippen LogP contribution in [-0.4, -0.2) is 78.0 Å². The summed E-state index contributed by atoms with van der Waals surface area (Å²) in [4.78, 5) is 20.5. The highest BCUT2D eigenvalue weighted by Gasteiger charge is 2.45. The molecule has 4 heterocycles. The average molecular weight is 511 g/mol. The van der Waals surface area contributed by atoms with Gasteiger partial charge in [0.05, 0.1) is 12.5 Å². The molecule has 1 aromatic carbocycles. The van der Waals surface area contributed by atoms with Crippen LogP contribution in [0.5, 0.6) is 11.5 Å². The van der Waals surface area contributed by atoms with E-state index in [1.165, 1.54) is 6.07 Å². The van der Waals surface area contributed by atoms with Gasteiger partial charge in [-0.05, 0) is 29.7 Å². The Morgan fingerprint density at radius 3 is 2.78 bits per heavy atom. The summed E-state index contributed by atoms with van der Waals surface area (Å²) in [7, 11) is 0. The van der Waals surface area contributed by atoms with Gasteiger partial charge in [0.2, 0.25) is 5.91 Å². The molecule has 8 nitrogen and oxygen atoms in total. The lowest BCUT2D eigenvalue weighted by atomic mass is 9.86. The molecule has 0 saturated carbocycles. The van der Waals surface area contributed by atoms with Gasteiger partial charge in [-0.1, -0.05) is 30.4 Å². The molecule has 1 fully saturated rings. The lowest BCUT2D eigenvalue weighted by Gasteiger charge is -2.36. The van der Waals surface area contributed by atoms with Crippen molar-refractivity contribution in [3.63, 3.8) is 0 Å². The zero-order valence-electron chi connectivity index (χ0n) is 20.2. The SMILES string of the molecule is O=C(C1C=CC=C(C2=Cc3c(-c4cccc5c4OC(F)(F)O5)c[nH]c3NC2)C1)N1CCN(CCO)CC1. The number of anilines is 1. The number of allylic oxidation sites excluding steroid dienone is 2. The molecule has 37 heavy (non-hydrogen) atoms. The number of para-hydroxylation sites is 1. The third-order valence-corrected chi connectivity index (χ3v) is 7.32. The number of rotatable bonds is 5. The van der Waals surface area contributed by atoms with Crippen molar-refractivity contribution >= 4 is 17.8 Å². The van der Waals surface area contributed by atoms with Crippen molar-refractivity contribution in [3.8, 4) is 22.6 Å². The molecule has 0 radical (unpaired) electrons. The van der Waals surface area contributed by atoms with E-state index in [9.17, 15) is 13.6 Å². The molecule has 1 aromatic heterocycles. The van der Waals surface area contributed by atoms with Gasteiger partial charge in [-0.25, -0.2) is 0 Å². The maximum absolute atomic E-state index is 13.8. The normalized spacial score (nSPS) is 22.2. The summed E-state index contributed by atoms with van der Waals surface area (Å²) in [6, 6.07) is 4.85. The molecular formula is C27H28F2N4O4. The summed E-state index contributed by atoms with van der Waals surface area (Å²) in [5.74, 6) is 0.698. The van der Waals surface area contributed by atoms with E-state index in [0.29, 0.717) is 38.2 Å². The molecule has 1 amide bonds. The smallest absolute Gasteiger partial charge is 0.395 e. The number of benzene rings is 1. The molecule has 1 unspecified atom stereocenters. The number of halogens is 2. The number of carbonyl (C=O) groups is 1. The third-order valence-electron chi connectivity index (χ3n) is 7.32. The monoisotopic (exact) mass is 510 g/mol. The molecule has 0 bridgehead atoms. The largest absolute Gasteiger partial charge is 0.586 e. The van der Waals surface area contributed by atoms with Gasteiger partial charge in [0.15, 0.2) is 11.5 Å². The first-order valence-electron chi connectivity index (χ1n) is 12.5. The van der Waals surface area contributed by atoms with Crippen LogP contribution in [0.2, 0.25) is 0 Å². The number of aliphatic hydroxyl groups excluding tert-OH is 1. The molecule has 3 aliphatic heterocycles. The predicted octanol–water partition coefficient (Wildman–Crippen LogP) is 3.45. The number of piperazine rings is 1. The van der Waals surface area contributed by atoms with Crippen LogP contribution in [0.15, 0.2) is 53.8 Å². The minimum absolute atomic E-state index is 0.00379. The van der Waals surface area contributed by atoms with Gasteiger partial charge in [-0.3, -0.25) is 9.69 Å². The second-order valence-corrected chi connectivity index (χ2v) is 9.59.